The predicted octanol–water partition coefficient (Wildman–Crippen LogP) is 3.97. The first-order chi connectivity index (χ1) is 9.56. The average Bonchev–Trinajstić information content (AvgIpc) is 2.79. The summed E-state index contributed by atoms with van der Waals surface area (Å²) >= 11 is 6.42. The molecule has 4 heteroatoms. The van der Waals surface area contributed by atoms with E-state index in [-0.39, 0.29) is 6.04 Å². The van der Waals surface area contributed by atoms with E-state index in [0.717, 1.165) is 34.7 Å². The number of benzene rings is 1. The van der Waals surface area contributed by atoms with Gasteiger partial charge in [-0.3, -0.25) is 4.68 Å². The summed E-state index contributed by atoms with van der Waals surface area (Å²) in [6.45, 7) is 4.27. The van der Waals surface area contributed by atoms with Crippen molar-refractivity contribution in [3.05, 3.63) is 40.7 Å². The second-order valence-electron chi connectivity index (χ2n) is 5.16. The third-order valence-corrected chi connectivity index (χ3v) is 3.93. The lowest BCUT2D eigenvalue weighted by Gasteiger charge is -2.13. The fourth-order valence-corrected chi connectivity index (χ4v) is 2.74. The minimum absolute atomic E-state index is 0.251. The molecule has 2 rings (SSSR count). The highest BCUT2D eigenvalue weighted by Crippen LogP contribution is 2.30. The second-order valence-corrected chi connectivity index (χ2v) is 5.57. The fraction of sp³-hybridized carbons (Fsp3) is 0.438. The van der Waals surface area contributed by atoms with E-state index in [9.17, 15) is 0 Å². The highest BCUT2D eigenvalue weighted by molar-refractivity contribution is 6.31. The Bertz CT molecular complexity index is 589. The van der Waals surface area contributed by atoms with Crippen LogP contribution in [0, 0.1) is 0 Å². The van der Waals surface area contributed by atoms with Gasteiger partial charge in [-0.2, -0.15) is 5.10 Å². The number of rotatable bonds is 5. The molecule has 0 fully saturated rings. The summed E-state index contributed by atoms with van der Waals surface area (Å²) < 4.78 is 1.87. The van der Waals surface area contributed by atoms with E-state index in [0.29, 0.717) is 0 Å². The molecule has 1 N–H and O–H groups in total. The van der Waals surface area contributed by atoms with E-state index < -0.39 is 0 Å². The van der Waals surface area contributed by atoms with Gasteiger partial charge in [-0.15, -0.1) is 0 Å². The van der Waals surface area contributed by atoms with Crippen molar-refractivity contribution in [1.29, 1.82) is 0 Å². The predicted molar refractivity (Wildman–Crippen MR) is 85.1 cm³/mol. The zero-order chi connectivity index (χ0) is 14.7. The molecule has 108 valence electrons. The van der Waals surface area contributed by atoms with Crippen molar-refractivity contribution in [3.8, 4) is 11.1 Å². The van der Waals surface area contributed by atoms with Gasteiger partial charge in [0, 0.05) is 29.9 Å². The average molecular weight is 292 g/mol. The quantitative estimate of drug-likeness (QED) is 0.903. The van der Waals surface area contributed by atoms with E-state index in [1.807, 2.05) is 24.8 Å². The molecule has 0 aliphatic rings. The van der Waals surface area contributed by atoms with Crippen molar-refractivity contribution in [2.45, 2.75) is 32.7 Å². The van der Waals surface area contributed by atoms with Gasteiger partial charge in [0.25, 0.3) is 0 Å². The van der Waals surface area contributed by atoms with E-state index in [2.05, 4.69) is 42.6 Å². The van der Waals surface area contributed by atoms with Gasteiger partial charge in [0.15, 0.2) is 0 Å². The maximum atomic E-state index is 6.42. The molecule has 1 atom stereocenters. The molecular formula is C16H22ClN3. The second kappa shape index (κ2) is 6.42. The van der Waals surface area contributed by atoms with Crippen LogP contribution >= 0.6 is 11.6 Å². The Morgan fingerprint density at radius 3 is 2.75 bits per heavy atom. The largest absolute Gasteiger partial charge is 0.313 e. The molecule has 0 bridgehead atoms. The number of aromatic nitrogens is 2. The van der Waals surface area contributed by atoms with Gasteiger partial charge in [-0.05, 0) is 37.6 Å². The van der Waals surface area contributed by atoms with Crippen LogP contribution in [0.5, 0.6) is 0 Å². The normalized spacial score (nSPS) is 12.7. The zero-order valence-electron chi connectivity index (χ0n) is 12.6. The molecule has 1 heterocycles. The van der Waals surface area contributed by atoms with Gasteiger partial charge in [0.1, 0.15) is 0 Å². The summed E-state index contributed by atoms with van der Waals surface area (Å²) in [5, 5.41) is 8.56. The van der Waals surface area contributed by atoms with E-state index >= 15 is 0 Å². The van der Waals surface area contributed by atoms with E-state index in [1.165, 1.54) is 5.56 Å². The molecule has 0 saturated heterocycles. The van der Waals surface area contributed by atoms with Gasteiger partial charge in [-0.25, -0.2) is 0 Å². The lowest BCUT2D eigenvalue weighted by atomic mass is 10.0. The lowest BCUT2D eigenvalue weighted by Crippen LogP contribution is -2.12. The van der Waals surface area contributed by atoms with Crippen molar-refractivity contribution < 1.29 is 0 Å². The zero-order valence-corrected chi connectivity index (χ0v) is 13.3. The Labute approximate surface area is 126 Å². The first-order valence-electron chi connectivity index (χ1n) is 7.06. The van der Waals surface area contributed by atoms with Crippen molar-refractivity contribution in [1.82, 2.24) is 15.1 Å². The molecule has 1 aromatic carbocycles. The minimum atomic E-state index is 0.251. The van der Waals surface area contributed by atoms with Gasteiger partial charge >= 0.3 is 0 Å². The summed E-state index contributed by atoms with van der Waals surface area (Å²) in [7, 11) is 3.90. The molecular weight excluding hydrogens is 270 g/mol. The summed E-state index contributed by atoms with van der Waals surface area (Å²) in [6, 6.07) is 6.52. The Balaban J connectivity index is 2.41. The molecule has 3 nitrogen and oxygen atoms in total. The molecule has 0 amide bonds. The number of hydrogen-bond acceptors (Lipinski definition) is 2. The summed E-state index contributed by atoms with van der Waals surface area (Å²) in [5.74, 6) is 0. The number of nitrogens with zero attached hydrogens (tertiary/aromatic N) is 2. The van der Waals surface area contributed by atoms with Crippen LogP contribution in [0.25, 0.3) is 11.1 Å². The lowest BCUT2D eigenvalue weighted by molar-refractivity contribution is 0.652. The van der Waals surface area contributed by atoms with Crippen LogP contribution in [0.1, 0.15) is 37.6 Å². The van der Waals surface area contributed by atoms with Crippen LogP contribution in [-0.2, 0) is 13.5 Å². The van der Waals surface area contributed by atoms with Crippen molar-refractivity contribution in [2.75, 3.05) is 7.05 Å². The van der Waals surface area contributed by atoms with E-state index in [4.69, 9.17) is 11.6 Å². The number of halogens is 1. The Morgan fingerprint density at radius 1 is 1.40 bits per heavy atom. The Hall–Kier alpha value is -1.32. The molecule has 2 aromatic rings. The van der Waals surface area contributed by atoms with Gasteiger partial charge in [0.2, 0.25) is 0 Å². The fourth-order valence-electron chi connectivity index (χ4n) is 2.40. The van der Waals surface area contributed by atoms with Crippen LogP contribution in [0.4, 0.5) is 0 Å². The summed E-state index contributed by atoms with van der Waals surface area (Å²) in [5.41, 5.74) is 4.58. The monoisotopic (exact) mass is 291 g/mol. The maximum absolute atomic E-state index is 6.42. The van der Waals surface area contributed by atoms with Crippen LogP contribution in [0.3, 0.4) is 0 Å². The van der Waals surface area contributed by atoms with Crippen LogP contribution in [0.15, 0.2) is 24.4 Å². The Kier molecular flexibility index (Phi) is 4.84. The number of hydrogen-bond donors (Lipinski definition) is 1. The van der Waals surface area contributed by atoms with E-state index in [1.54, 1.807) is 0 Å². The minimum Gasteiger partial charge on any atom is -0.313 e. The molecule has 20 heavy (non-hydrogen) atoms. The third-order valence-electron chi connectivity index (χ3n) is 3.60. The van der Waals surface area contributed by atoms with Crippen LogP contribution in [-0.4, -0.2) is 16.8 Å². The molecule has 0 aliphatic carbocycles. The maximum Gasteiger partial charge on any atom is 0.0702 e. The molecule has 1 unspecified atom stereocenters. The molecule has 0 saturated carbocycles. The van der Waals surface area contributed by atoms with Gasteiger partial charge in [-0.1, -0.05) is 37.1 Å². The number of nitrogens with one attached hydrogen (secondary N) is 1. The topological polar surface area (TPSA) is 29.9 Å². The van der Waals surface area contributed by atoms with Crippen molar-refractivity contribution >= 4 is 11.6 Å². The smallest absolute Gasteiger partial charge is 0.0702 e. The molecule has 0 spiro atoms. The first-order valence-corrected chi connectivity index (χ1v) is 7.44. The summed E-state index contributed by atoms with van der Waals surface area (Å²) in [6.07, 6.45) is 4.15. The van der Waals surface area contributed by atoms with Gasteiger partial charge < -0.3 is 5.32 Å². The molecule has 1 aromatic heterocycles. The Morgan fingerprint density at radius 2 is 2.15 bits per heavy atom. The van der Waals surface area contributed by atoms with Crippen LogP contribution < -0.4 is 5.32 Å². The third kappa shape index (κ3) is 3.05. The van der Waals surface area contributed by atoms with Crippen molar-refractivity contribution in [2.24, 2.45) is 7.05 Å². The molecule has 0 aliphatic heterocycles. The SMILES string of the molecule is CCCc1nn(C)cc1-c1ccc(C(C)NC)c(Cl)c1. The summed E-state index contributed by atoms with van der Waals surface area (Å²) in [4.78, 5) is 0. The molecule has 0 radical (unpaired) electrons. The van der Waals surface area contributed by atoms with Crippen LogP contribution in [0.2, 0.25) is 5.02 Å². The highest BCUT2D eigenvalue weighted by Gasteiger charge is 2.13. The first kappa shape index (κ1) is 15.1. The number of aryl methyl sites for hydroxylation is 2. The van der Waals surface area contributed by atoms with Gasteiger partial charge in [0.05, 0.1) is 5.69 Å². The van der Waals surface area contributed by atoms with Crippen molar-refractivity contribution in [3.63, 3.8) is 0 Å². The standard InChI is InChI=1S/C16H22ClN3/c1-5-6-16-14(10-20(4)19-16)12-7-8-13(11(2)18-3)15(17)9-12/h7-11,18H,5-6H2,1-4H3. The highest BCUT2D eigenvalue weighted by atomic mass is 35.5.